The minimum absolute atomic E-state index is 0.00897. The molecule has 1 rings (SSSR count). The summed E-state index contributed by atoms with van der Waals surface area (Å²) in [6.45, 7) is 7.02. The van der Waals surface area contributed by atoms with Crippen molar-refractivity contribution in [3.05, 3.63) is 41.4 Å². The van der Waals surface area contributed by atoms with E-state index < -0.39 is 0 Å². The summed E-state index contributed by atoms with van der Waals surface area (Å²) >= 11 is 0. The molecule has 114 valence electrons. The Balaban J connectivity index is 3.02. The lowest BCUT2D eigenvalue weighted by Crippen LogP contribution is -1.90. The van der Waals surface area contributed by atoms with Gasteiger partial charge in [-0.05, 0) is 51.3 Å². The predicted molar refractivity (Wildman–Crippen MR) is 85.4 cm³/mol. The van der Waals surface area contributed by atoms with Crippen molar-refractivity contribution in [2.45, 2.75) is 53.4 Å². The van der Waals surface area contributed by atoms with Gasteiger partial charge in [0, 0.05) is 0 Å². The average Bonchev–Trinajstić information content (AvgIpc) is 2.79. The molecule has 0 radical (unpaired) electrons. The number of carbonyl (C=O) groups is 2. The van der Waals surface area contributed by atoms with E-state index >= 15 is 0 Å². The molecule has 3 heteroatoms. The van der Waals surface area contributed by atoms with E-state index in [4.69, 9.17) is 4.42 Å². The van der Waals surface area contributed by atoms with Gasteiger partial charge in [0.1, 0.15) is 11.5 Å². The summed E-state index contributed by atoms with van der Waals surface area (Å²) in [7, 11) is 0. The van der Waals surface area contributed by atoms with E-state index in [0.29, 0.717) is 11.3 Å². The van der Waals surface area contributed by atoms with Crippen LogP contribution in [0.25, 0.3) is 5.57 Å². The van der Waals surface area contributed by atoms with Gasteiger partial charge in [0.2, 0.25) is 0 Å². The van der Waals surface area contributed by atoms with Crippen molar-refractivity contribution in [2.75, 3.05) is 0 Å². The van der Waals surface area contributed by atoms with Gasteiger partial charge in [-0.25, -0.2) is 0 Å². The largest absolute Gasteiger partial charge is 0.461 e. The van der Waals surface area contributed by atoms with Crippen molar-refractivity contribution in [3.8, 4) is 0 Å². The van der Waals surface area contributed by atoms with Gasteiger partial charge in [0.05, 0.1) is 5.56 Å². The number of aryl methyl sites for hydroxylation is 1. The molecule has 1 heterocycles. The van der Waals surface area contributed by atoms with Crippen LogP contribution in [0.1, 0.15) is 68.3 Å². The van der Waals surface area contributed by atoms with Gasteiger partial charge in [0.15, 0.2) is 11.6 Å². The molecule has 0 bridgehead atoms. The van der Waals surface area contributed by atoms with E-state index in [1.807, 2.05) is 6.08 Å². The van der Waals surface area contributed by atoms with E-state index in [0.717, 1.165) is 37.0 Å². The zero-order valence-corrected chi connectivity index (χ0v) is 13.4. The molecule has 3 nitrogen and oxygen atoms in total. The third kappa shape index (κ3) is 5.54. The van der Waals surface area contributed by atoms with Gasteiger partial charge >= 0.3 is 0 Å². The van der Waals surface area contributed by atoms with Crippen LogP contribution in [-0.4, -0.2) is 11.6 Å². The Labute approximate surface area is 126 Å². The lowest BCUT2D eigenvalue weighted by Gasteiger charge is -2.03. The van der Waals surface area contributed by atoms with E-state index in [-0.39, 0.29) is 11.6 Å². The zero-order chi connectivity index (χ0) is 15.8. The van der Waals surface area contributed by atoms with Crippen LogP contribution in [0.2, 0.25) is 0 Å². The summed E-state index contributed by atoms with van der Waals surface area (Å²) < 4.78 is 5.72. The van der Waals surface area contributed by atoms with Crippen LogP contribution in [0.3, 0.4) is 0 Å². The normalized spacial score (nSPS) is 12.1. The first kappa shape index (κ1) is 17.2. The monoisotopic (exact) mass is 288 g/mol. The highest BCUT2D eigenvalue weighted by atomic mass is 16.3. The Morgan fingerprint density at radius 1 is 1.24 bits per heavy atom. The standard InChI is InChI=1S/C18H24O3/c1-5-6-7-10-16(11-8-9-13(2)19)18-12-17(14(3)20)15(4)21-18/h8-9,11-12H,5-7,10H2,1-4H3/b9-8+,16-11+. The molecule has 0 aromatic carbocycles. The van der Waals surface area contributed by atoms with Crippen molar-refractivity contribution < 1.29 is 14.0 Å². The molecular weight excluding hydrogens is 264 g/mol. The number of furan rings is 1. The van der Waals surface area contributed by atoms with E-state index in [1.165, 1.54) is 19.9 Å². The van der Waals surface area contributed by atoms with Crippen LogP contribution in [0.4, 0.5) is 0 Å². The molecule has 0 aliphatic carbocycles. The second-order valence-corrected chi connectivity index (χ2v) is 5.26. The summed E-state index contributed by atoms with van der Waals surface area (Å²) in [4.78, 5) is 22.5. The lowest BCUT2D eigenvalue weighted by atomic mass is 10.0. The van der Waals surface area contributed by atoms with Gasteiger partial charge in [-0.15, -0.1) is 0 Å². The SMILES string of the molecule is CCCCC/C(=C\C=C\C(C)=O)c1cc(C(C)=O)c(C)o1. The maximum absolute atomic E-state index is 11.5. The molecule has 1 aromatic heterocycles. The van der Waals surface area contributed by atoms with Crippen molar-refractivity contribution in [1.82, 2.24) is 0 Å². The predicted octanol–water partition coefficient (Wildman–Crippen LogP) is 4.90. The van der Waals surface area contributed by atoms with Crippen LogP contribution in [0, 0.1) is 6.92 Å². The van der Waals surface area contributed by atoms with Crippen LogP contribution >= 0.6 is 0 Å². The Bertz CT molecular complexity index is 559. The quantitative estimate of drug-likeness (QED) is 0.296. The van der Waals surface area contributed by atoms with Crippen molar-refractivity contribution >= 4 is 17.1 Å². The molecule has 1 aromatic rings. The molecule has 21 heavy (non-hydrogen) atoms. The third-order valence-electron chi connectivity index (χ3n) is 3.29. The van der Waals surface area contributed by atoms with E-state index in [9.17, 15) is 9.59 Å². The molecular formula is C18H24O3. The Kier molecular flexibility index (Phi) is 6.86. The molecule has 0 aliphatic heterocycles. The number of unbranched alkanes of at least 4 members (excludes halogenated alkanes) is 2. The second-order valence-electron chi connectivity index (χ2n) is 5.26. The molecule has 0 fully saturated rings. The number of allylic oxidation sites excluding steroid dienone is 4. The lowest BCUT2D eigenvalue weighted by molar-refractivity contribution is -0.112. The van der Waals surface area contributed by atoms with Crippen LogP contribution in [0.5, 0.6) is 0 Å². The highest BCUT2D eigenvalue weighted by Gasteiger charge is 2.13. The minimum atomic E-state index is 0.00897. The Morgan fingerprint density at radius 2 is 1.95 bits per heavy atom. The molecule has 0 N–H and O–H groups in total. The summed E-state index contributed by atoms with van der Waals surface area (Å²) in [6, 6.07) is 1.80. The number of hydrogen-bond acceptors (Lipinski definition) is 3. The number of ketones is 2. The van der Waals surface area contributed by atoms with Crippen molar-refractivity contribution in [1.29, 1.82) is 0 Å². The fraction of sp³-hybridized carbons (Fsp3) is 0.444. The van der Waals surface area contributed by atoms with Crippen molar-refractivity contribution in [3.63, 3.8) is 0 Å². The molecule has 0 spiro atoms. The fourth-order valence-corrected chi connectivity index (χ4v) is 2.14. The van der Waals surface area contributed by atoms with Gasteiger partial charge in [-0.1, -0.05) is 31.9 Å². The summed E-state index contributed by atoms with van der Waals surface area (Å²) in [6.07, 6.45) is 9.40. The number of rotatable bonds is 8. The summed E-state index contributed by atoms with van der Waals surface area (Å²) in [5, 5.41) is 0. The first-order valence-electron chi connectivity index (χ1n) is 7.45. The van der Waals surface area contributed by atoms with E-state index in [2.05, 4.69) is 6.92 Å². The summed E-state index contributed by atoms with van der Waals surface area (Å²) in [5.74, 6) is 1.39. The minimum Gasteiger partial charge on any atom is -0.461 e. The second kappa shape index (κ2) is 8.40. The van der Waals surface area contributed by atoms with Gasteiger partial charge in [-0.2, -0.15) is 0 Å². The maximum atomic E-state index is 11.5. The van der Waals surface area contributed by atoms with Crippen LogP contribution in [0.15, 0.2) is 28.7 Å². The highest BCUT2D eigenvalue weighted by Crippen LogP contribution is 2.26. The van der Waals surface area contributed by atoms with Crippen LogP contribution < -0.4 is 0 Å². The first-order valence-corrected chi connectivity index (χ1v) is 7.45. The maximum Gasteiger partial charge on any atom is 0.163 e. The topological polar surface area (TPSA) is 47.3 Å². The summed E-state index contributed by atoms with van der Waals surface area (Å²) in [5.41, 5.74) is 1.65. The molecule has 0 atom stereocenters. The zero-order valence-electron chi connectivity index (χ0n) is 13.4. The molecule has 0 saturated heterocycles. The smallest absolute Gasteiger partial charge is 0.163 e. The molecule has 0 amide bonds. The third-order valence-corrected chi connectivity index (χ3v) is 3.29. The highest BCUT2D eigenvalue weighted by molar-refractivity contribution is 5.95. The van der Waals surface area contributed by atoms with Gasteiger partial charge < -0.3 is 4.42 Å². The van der Waals surface area contributed by atoms with Crippen LogP contribution in [-0.2, 0) is 4.79 Å². The average molecular weight is 288 g/mol. The van der Waals surface area contributed by atoms with Gasteiger partial charge in [0.25, 0.3) is 0 Å². The fourth-order valence-electron chi connectivity index (χ4n) is 2.14. The molecule has 0 aliphatic rings. The Hall–Kier alpha value is -1.90. The number of Topliss-reactive ketones (excluding diaryl/α,β-unsaturated/α-hetero) is 1. The molecule has 0 unspecified atom stereocenters. The first-order chi connectivity index (χ1) is 9.95. The number of hydrogen-bond donors (Lipinski definition) is 0. The van der Waals surface area contributed by atoms with Gasteiger partial charge in [-0.3, -0.25) is 9.59 Å². The number of carbonyl (C=O) groups excluding carboxylic acids is 2. The van der Waals surface area contributed by atoms with E-state index in [1.54, 1.807) is 19.1 Å². The molecule has 0 saturated carbocycles. The Morgan fingerprint density at radius 3 is 2.48 bits per heavy atom. The van der Waals surface area contributed by atoms with Crippen molar-refractivity contribution in [2.24, 2.45) is 0 Å².